The lowest BCUT2D eigenvalue weighted by molar-refractivity contribution is 1.28. The van der Waals surface area contributed by atoms with Crippen molar-refractivity contribution in [2.24, 2.45) is 0 Å². The molecule has 0 nitrogen and oxygen atoms in total. The van der Waals surface area contributed by atoms with Gasteiger partial charge < -0.3 is 0 Å². The number of allylic oxidation sites excluding steroid dienone is 1. The smallest absolute Gasteiger partial charge is 0.0171 e. The summed E-state index contributed by atoms with van der Waals surface area (Å²) >= 11 is 0. The summed E-state index contributed by atoms with van der Waals surface area (Å²) in [6.07, 6.45) is 7.26. The first-order chi connectivity index (χ1) is 11.8. The molecule has 4 rings (SSSR count). The third-order valence-corrected chi connectivity index (χ3v) is 4.58. The highest BCUT2D eigenvalue weighted by Gasteiger charge is 2.01. The SMILES string of the molecule is C=C/C=c1/cc2cc3cc4ccccc4cc3cc2c/c1=C/CC. The second kappa shape index (κ2) is 5.98. The van der Waals surface area contributed by atoms with Crippen LogP contribution in [0, 0.1) is 0 Å². The van der Waals surface area contributed by atoms with Crippen LogP contribution in [0.4, 0.5) is 0 Å². The number of hydrogen-bond donors (Lipinski definition) is 0. The zero-order valence-electron chi connectivity index (χ0n) is 13.9. The minimum Gasteiger partial charge on any atom is -0.0990 e. The van der Waals surface area contributed by atoms with Crippen molar-refractivity contribution in [2.75, 3.05) is 0 Å². The average Bonchev–Trinajstić information content (AvgIpc) is 2.59. The van der Waals surface area contributed by atoms with Crippen LogP contribution in [0.25, 0.3) is 44.5 Å². The first kappa shape index (κ1) is 14.7. The minimum atomic E-state index is 1.03. The molecule has 0 aliphatic carbocycles. The number of benzene rings is 4. The summed E-state index contributed by atoms with van der Waals surface area (Å²) in [6, 6.07) is 22.3. The van der Waals surface area contributed by atoms with Crippen molar-refractivity contribution >= 4 is 44.5 Å². The lowest BCUT2D eigenvalue weighted by atomic mass is 9.98. The highest BCUT2D eigenvalue weighted by atomic mass is 14.1. The Morgan fingerprint density at radius 3 is 1.75 bits per heavy atom. The van der Waals surface area contributed by atoms with Crippen LogP contribution in [0.2, 0.25) is 0 Å². The van der Waals surface area contributed by atoms with Crippen LogP contribution in [-0.4, -0.2) is 0 Å². The Hall–Kier alpha value is -2.86. The molecule has 0 bridgehead atoms. The van der Waals surface area contributed by atoms with Gasteiger partial charge in [-0.05, 0) is 85.6 Å². The van der Waals surface area contributed by atoms with Gasteiger partial charge in [-0.25, -0.2) is 0 Å². The molecule has 0 spiro atoms. The molecule has 0 aliphatic heterocycles. The van der Waals surface area contributed by atoms with Gasteiger partial charge >= 0.3 is 0 Å². The Bertz CT molecular complexity index is 1190. The average molecular weight is 308 g/mol. The van der Waals surface area contributed by atoms with E-state index >= 15 is 0 Å². The monoisotopic (exact) mass is 308 g/mol. The van der Waals surface area contributed by atoms with Crippen molar-refractivity contribution in [3.63, 3.8) is 0 Å². The van der Waals surface area contributed by atoms with E-state index in [0.29, 0.717) is 0 Å². The van der Waals surface area contributed by atoms with E-state index in [9.17, 15) is 0 Å². The third-order valence-electron chi connectivity index (χ3n) is 4.58. The standard InChI is InChI=1S/C24H20/c1-3-7-17-11-21-15-23-13-19-9-5-6-10-20(19)14-24(23)16-22(21)12-18(17)8-4-2/h3,5-16H,1,4H2,2H3/b17-7-,18-8-. The molecule has 0 atom stereocenters. The maximum absolute atomic E-state index is 3.85. The molecule has 4 aromatic rings. The molecule has 24 heavy (non-hydrogen) atoms. The van der Waals surface area contributed by atoms with Gasteiger partial charge in [-0.15, -0.1) is 0 Å². The summed E-state index contributed by atoms with van der Waals surface area (Å²) < 4.78 is 0. The van der Waals surface area contributed by atoms with Crippen LogP contribution < -0.4 is 10.4 Å². The number of fused-ring (bicyclic) bond motifs is 3. The van der Waals surface area contributed by atoms with E-state index in [2.05, 4.69) is 86.3 Å². The lowest BCUT2D eigenvalue weighted by Crippen LogP contribution is -2.23. The summed E-state index contributed by atoms with van der Waals surface area (Å²) in [5.74, 6) is 0. The van der Waals surface area contributed by atoms with E-state index < -0.39 is 0 Å². The second-order valence-corrected chi connectivity index (χ2v) is 6.24. The van der Waals surface area contributed by atoms with Crippen molar-refractivity contribution in [3.8, 4) is 0 Å². The minimum absolute atomic E-state index is 1.03. The van der Waals surface area contributed by atoms with Gasteiger partial charge in [0.25, 0.3) is 0 Å². The van der Waals surface area contributed by atoms with Crippen LogP contribution >= 0.6 is 0 Å². The molecule has 0 aromatic heterocycles. The van der Waals surface area contributed by atoms with Gasteiger partial charge in [0.1, 0.15) is 0 Å². The molecule has 116 valence electrons. The Morgan fingerprint density at radius 2 is 1.21 bits per heavy atom. The lowest BCUT2D eigenvalue weighted by Gasteiger charge is -2.06. The van der Waals surface area contributed by atoms with E-state index in [1.807, 2.05) is 6.08 Å². The summed E-state index contributed by atoms with van der Waals surface area (Å²) in [7, 11) is 0. The molecule has 0 heterocycles. The van der Waals surface area contributed by atoms with Crippen molar-refractivity contribution in [1.82, 2.24) is 0 Å². The van der Waals surface area contributed by atoms with Crippen molar-refractivity contribution in [1.29, 1.82) is 0 Å². The van der Waals surface area contributed by atoms with Crippen molar-refractivity contribution in [2.45, 2.75) is 13.3 Å². The largest absolute Gasteiger partial charge is 0.0990 e. The van der Waals surface area contributed by atoms with Crippen molar-refractivity contribution in [3.05, 3.63) is 83.8 Å². The summed E-state index contributed by atoms with van der Waals surface area (Å²) in [4.78, 5) is 0. The molecular weight excluding hydrogens is 288 g/mol. The van der Waals surface area contributed by atoms with Crippen LogP contribution in [0.15, 0.2) is 73.3 Å². The van der Waals surface area contributed by atoms with E-state index in [-0.39, 0.29) is 0 Å². The molecule has 0 unspecified atom stereocenters. The normalized spacial score (nSPS) is 13.2. The zero-order valence-corrected chi connectivity index (χ0v) is 13.9. The molecule has 0 heteroatoms. The Kier molecular flexibility index (Phi) is 3.66. The molecule has 0 amide bonds. The van der Waals surface area contributed by atoms with E-state index in [1.54, 1.807) is 0 Å². The first-order valence-corrected chi connectivity index (χ1v) is 8.48. The van der Waals surface area contributed by atoms with Gasteiger partial charge in [-0.2, -0.15) is 0 Å². The molecule has 0 fully saturated rings. The second-order valence-electron chi connectivity index (χ2n) is 6.24. The molecule has 0 aliphatic rings. The highest BCUT2D eigenvalue weighted by Crippen LogP contribution is 2.26. The summed E-state index contributed by atoms with van der Waals surface area (Å²) in [6.45, 7) is 6.03. The molecule has 4 aromatic carbocycles. The predicted molar refractivity (Wildman–Crippen MR) is 108 cm³/mol. The molecule has 0 radical (unpaired) electrons. The first-order valence-electron chi connectivity index (χ1n) is 8.48. The fraction of sp³-hybridized carbons (Fsp3) is 0.0833. The molecule has 0 saturated carbocycles. The maximum Gasteiger partial charge on any atom is -0.0171 e. The number of rotatable bonds is 2. The predicted octanol–water partition coefficient (Wildman–Crippen LogP) is 5.30. The number of hydrogen-bond acceptors (Lipinski definition) is 0. The van der Waals surface area contributed by atoms with E-state index in [0.717, 1.165) is 6.42 Å². The quantitative estimate of drug-likeness (QED) is 0.441. The van der Waals surface area contributed by atoms with Gasteiger partial charge in [-0.1, -0.05) is 56.0 Å². The third kappa shape index (κ3) is 2.51. The Morgan fingerprint density at radius 1 is 0.708 bits per heavy atom. The van der Waals surface area contributed by atoms with Gasteiger partial charge in [-0.3, -0.25) is 0 Å². The molecule has 0 saturated heterocycles. The van der Waals surface area contributed by atoms with Gasteiger partial charge in [0.05, 0.1) is 0 Å². The molecular formula is C24H20. The van der Waals surface area contributed by atoms with Gasteiger partial charge in [0, 0.05) is 0 Å². The van der Waals surface area contributed by atoms with Gasteiger partial charge in [0.15, 0.2) is 0 Å². The fourth-order valence-electron chi connectivity index (χ4n) is 3.45. The van der Waals surface area contributed by atoms with Gasteiger partial charge in [0.2, 0.25) is 0 Å². The maximum atomic E-state index is 3.85. The van der Waals surface area contributed by atoms with Crippen molar-refractivity contribution < 1.29 is 0 Å². The highest BCUT2D eigenvalue weighted by molar-refractivity contribution is 6.04. The van der Waals surface area contributed by atoms with Crippen LogP contribution in [0.5, 0.6) is 0 Å². The Balaban J connectivity index is 2.11. The zero-order chi connectivity index (χ0) is 16.5. The molecule has 0 N–H and O–H groups in total. The summed E-state index contributed by atoms with van der Waals surface area (Å²) in [5.41, 5.74) is 0. The topological polar surface area (TPSA) is 0 Å². The summed E-state index contributed by atoms with van der Waals surface area (Å²) in [5, 5.41) is 10.3. The van der Waals surface area contributed by atoms with Crippen LogP contribution in [0.1, 0.15) is 13.3 Å². The fourth-order valence-corrected chi connectivity index (χ4v) is 3.45. The van der Waals surface area contributed by atoms with Crippen LogP contribution in [0.3, 0.4) is 0 Å². The van der Waals surface area contributed by atoms with E-state index in [1.165, 1.54) is 42.8 Å². The Labute approximate surface area is 142 Å². The van der Waals surface area contributed by atoms with Crippen LogP contribution in [-0.2, 0) is 0 Å². The van der Waals surface area contributed by atoms with E-state index in [4.69, 9.17) is 0 Å².